The highest BCUT2D eigenvalue weighted by Gasteiger charge is 2.28. The maximum atomic E-state index is 11.5. The van der Waals surface area contributed by atoms with Gasteiger partial charge in [-0.3, -0.25) is 9.98 Å². The third kappa shape index (κ3) is 8.36. The summed E-state index contributed by atoms with van der Waals surface area (Å²) in [6.07, 6.45) is 3.40. The van der Waals surface area contributed by atoms with Crippen LogP contribution in [0.1, 0.15) is 143 Å². The molecule has 5 heteroatoms. The van der Waals surface area contributed by atoms with Crippen molar-refractivity contribution in [3.05, 3.63) is 75.3 Å². The van der Waals surface area contributed by atoms with E-state index in [0.29, 0.717) is 34.0 Å². The van der Waals surface area contributed by atoms with Crippen LogP contribution in [-0.2, 0) is 27.1 Å². The summed E-state index contributed by atoms with van der Waals surface area (Å²) in [7, 11) is 0. The van der Waals surface area contributed by atoms with Gasteiger partial charge in [-0.05, 0) is 69.0 Å². The molecule has 0 aromatic heterocycles. The molecule has 0 bridgehead atoms. The summed E-state index contributed by atoms with van der Waals surface area (Å²) in [5, 5.41) is 33.8. The van der Waals surface area contributed by atoms with Crippen LogP contribution in [0.2, 0.25) is 0 Å². The Balaban J connectivity index is 2.21. The quantitative estimate of drug-likeness (QED) is 0.256. The minimum absolute atomic E-state index is 0.0900. The number of hydrogen-bond donors (Lipinski definition) is 3. The minimum Gasteiger partial charge on any atom is -0.507 e. The van der Waals surface area contributed by atoms with E-state index in [1.165, 1.54) is 0 Å². The normalized spacial score (nSPS) is 13.8. The van der Waals surface area contributed by atoms with Crippen molar-refractivity contribution in [2.24, 2.45) is 9.98 Å². The summed E-state index contributed by atoms with van der Waals surface area (Å²) < 4.78 is 0. The Bertz CT molecular complexity index is 1440. The maximum absolute atomic E-state index is 11.5. The van der Waals surface area contributed by atoms with Crippen molar-refractivity contribution in [3.8, 4) is 17.2 Å². The summed E-state index contributed by atoms with van der Waals surface area (Å²) in [6, 6.07) is 11.7. The van der Waals surface area contributed by atoms with Gasteiger partial charge in [0.05, 0.1) is 11.4 Å². The molecule has 45 heavy (non-hydrogen) atoms. The SMILES string of the molecule is CC(C)(C)c1cc(C=Nc2cc(C(C)(C)C)c(O)c(C(C)(C)C)c2)c(O)c(C=Nc2cc(C(C)(C)C)c(O)c(C(C)(C)C)c2)c1. The van der Waals surface area contributed by atoms with Crippen LogP contribution < -0.4 is 0 Å². The molecule has 0 aliphatic rings. The van der Waals surface area contributed by atoms with E-state index in [4.69, 9.17) is 9.98 Å². The summed E-state index contributed by atoms with van der Waals surface area (Å²) in [4.78, 5) is 9.66. The molecule has 0 spiro atoms. The van der Waals surface area contributed by atoms with Crippen LogP contribution in [0.4, 0.5) is 11.4 Å². The van der Waals surface area contributed by atoms with Crippen LogP contribution in [0.15, 0.2) is 46.4 Å². The number of benzene rings is 3. The zero-order chi connectivity index (χ0) is 34.5. The number of rotatable bonds is 4. The molecule has 5 nitrogen and oxygen atoms in total. The van der Waals surface area contributed by atoms with Crippen molar-refractivity contribution in [1.29, 1.82) is 0 Å². The molecule has 0 fully saturated rings. The molecule has 3 N–H and O–H groups in total. The van der Waals surface area contributed by atoms with E-state index in [0.717, 1.165) is 27.8 Å². The van der Waals surface area contributed by atoms with Gasteiger partial charge in [0.15, 0.2) is 0 Å². The van der Waals surface area contributed by atoms with Crippen LogP contribution in [0, 0.1) is 0 Å². The van der Waals surface area contributed by atoms with Crippen molar-refractivity contribution in [1.82, 2.24) is 0 Å². The fraction of sp³-hybridized carbons (Fsp3) is 0.500. The van der Waals surface area contributed by atoms with E-state index in [2.05, 4.69) is 104 Å². The molecule has 3 rings (SSSR count). The molecule has 0 radical (unpaired) electrons. The third-order valence-electron chi connectivity index (χ3n) is 8.16. The molecule has 3 aromatic carbocycles. The Hall–Kier alpha value is -3.60. The van der Waals surface area contributed by atoms with E-state index >= 15 is 0 Å². The van der Waals surface area contributed by atoms with Gasteiger partial charge in [0.25, 0.3) is 0 Å². The summed E-state index contributed by atoms with van der Waals surface area (Å²) in [5.74, 6) is 0.708. The fourth-order valence-corrected chi connectivity index (χ4v) is 5.27. The van der Waals surface area contributed by atoms with Gasteiger partial charge >= 0.3 is 0 Å². The molecule has 0 amide bonds. The zero-order valence-electron chi connectivity index (χ0n) is 30.4. The van der Waals surface area contributed by atoms with Crippen molar-refractivity contribution >= 4 is 23.8 Å². The summed E-state index contributed by atoms with van der Waals surface area (Å²) >= 11 is 0. The van der Waals surface area contributed by atoms with E-state index in [1.807, 2.05) is 36.4 Å². The predicted octanol–water partition coefficient (Wildman–Crippen LogP) is 10.8. The average Bonchev–Trinajstić information content (AvgIpc) is 2.85. The van der Waals surface area contributed by atoms with Gasteiger partial charge in [-0.1, -0.05) is 104 Å². The number of phenols is 3. The van der Waals surface area contributed by atoms with Crippen LogP contribution >= 0.6 is 0 Å². The average molecular weight is 613 g/mol. The third-order valence-corrected chi connectivity index (χ3v) is 8.16. The number of hydrogen-bond acceptors (Lipinski definition) is 5. The van der Waals surface area contributed by atoms with Gasteiger partial charge < -0.3 is 15.3 Å². The predicted molar refractivity (Wildman–Crippen MR) is 192 cm³/mol. The second-order valence-corrected chi connectivity index (χ2v) is 17.5. The van der Waals surface area contributed by atoms with E-state index < -0.39 is 0 Å². The van der Waals surface area contributed by atoms with Crippen molar-refractivity contribution in [2.75, 3.05) is 0 Å². The number of phenolic OH excluding ortho intramolecular Hbond substituents is 3. The summed E-state index contributed by atoms with van der Waals surface area (Å²) in [5.41, 5.74) is 5.68. The lowest BCUT2D eigenvalue weighted by Gasteiger charge is -2.27. The summed E-state index contributed by atoms with van der Waals surface area (Å²) in [6.45, 7) is 31.4. The Morgan fingerprint density at radius 2 is 0.667 bits per heavy atom. The number of nitrogens with zero attached hydrogens (tertiary/aromatic N) is 2. The molecule has 0 saturated heterocycles. The van der Waals surface area contributed by atoms with Gasteiger partial charge in [0.1, 0.15) is 17.2 Å². The monoisotopic (exact) mass is 612 g/mol. The first-order valence-electron chi connectivity index (χ1n) is 15.9. The highest BCUT2D eigenvalue weighted by atomic mass is 16.3. The van der Waals surface area contributed by atoms with Gasteiger partial charge in [-0.2, -0.15) is 0 Å². The molecular formula is C40H56N2O3. The Morgan fingerprint density at radius 1 is 0.400 bits per heavy atom. The van der Waals surface area contributed by atoms with Gasteiger partial charge in [0, 0.05) is 45.8 Å². The van der Waals surface area contributed by atoms with Crippen molar-refractivity contribution in [2.45, 2.75) is 131 Å². The number of aliphatic imine (C=N–C) groups is 2. The lowest BCUT2D eigenvalue weighted by molar-refractivity contribution is 0.422. The van der Waals surface area contributed by atoms with Gasteiger partial charge in [-0.15, -0.1) is 0 Å². The van der Waals surface area contributed by atoms with Gasteiger partial charge in [0.2, 0.25) is 0 Å². The smallest absolute Gasteiger partial charge is 0.133 e. The fourth-order valence-electron chi connectivity index (χ4n) is 5.27. The Kier molecular flexibility index (Phi) is 9.54. The van der Waals surface area contributed by atoms with Gasteiger partial charge in [-0.25, -0.2) is 0 Å². The zero-order valence-corrected chi connectivity index (χ0v) is 30.4. The molecule has 0 aliphatic heterocycles. The molecule has 0 unspecified atom stereocenters. The van der Waals surface area contributed by atoms with Crippen molar-refractivity contribution < 1.29 is 15.3 Å². The van der Waals surface area contributed by atoms with E-state index in [9.17, 15) is 15.3 Å². The van der Waals surface area contributed by atoms with Crippen LogP contribution in [0.5, 0.6) is 17.2 Å². The second kappa shape index (κ2) is 12.0. The molecule has 0 heterocycles. The highest BCUT2D eigenvalue weighted by molar-refractivity contribution is 5.94. The molecule has 0 aliphatic carbocycles. The molecule has 3 aromatic rings. The minimum atomic E-state index is -0.276. The first-order chi connectivity index (χ1) is 20.2. The first kappa shape index (κ1) is 35.9. The van der Waals surface area contributed by atoms with Crippen LogP contribution in [-0.4, -0.2) is 27.7 Å². The molecular weight excluding hydrogens is 556 g/mol. The van der Waals surface area contributed by atoms with Crippen molar-refractivity contribution in [3.63, 3.8) is 0 Å². The number of aromatic hydroxyl groups is 3. The topological polar surface area (TPSA) is 85.4 Å². The standard InChI is InChI=1S/C40H56N2O3/c1-36(2,3)26-16-24(22-41-27-18-29(37(4,5)6)34(44)30(19-27)38(7,8)9)33(43)25(17-26)23-42-28-20-31(39(10,11)12)35(45)32(21-28)40(13,14)15/h16-23,43-45H,1-15H3. The van der Waals surface area contributed by atoms with E-state index in [-0.39, 0.29) is 32.8 Å². The lowest BCUT2D eigenvalue weighted by Crippen LogP contribution is -2.17. The first-order valence-corrected chi connectivity index (χ1v) is 15.9. The largest absolute Gasteiger partial charge is 0.507 e. The van der Waals surface area contributed by atoms with Crippen LogP contribution in [0.3, 0.4) is 0 Å². The Morgan fingerprint density at radius 3 is 0.889 bits per heavy atom. The Labute approximate surface area is 272 Å². The van der Waals surface area contributed by atoms with E-state index in [1.54, 1.807) is 12.4 Å². The second-order valence-electron chi connectivity index (χ2n) is 17.5. The molecule has 0 saturated carbocycles. The highest BCUT2D eigenvalue weighted by Crippen LogP contribution is 2.43. The molecule has 0 atom stereocenters. The van der Waals surface area contributed by atoms with Crippen LogP contribution in [0.25, 0.3) is 0 Å². The maximum Gasteiger partial charge on any atom is 0.133 e. The molecule has 244 valence electrons. The lowest BCUT2D eigenvalue weighted by atomic mass is 9.79.